The number of carbonyl (C=O) groups is 4. The van der Waals surface area contributed by atoms with Gasteiger partial charge in [-0.3, -0.25) is 14.4 Å². The Kier molecular flexibility index (Phi) is 46.2. The number of aliphatic hydroxyl groups is 18. The third-order valence-corrected chi connectivity index (χ3v) is 22.7. The second kappa shape index (κ2) is 52.9. The van der Waals surface area contributed by atoms with Crippen molar-refractivity contribution in [1.29, 1.82) is 0 Å². The van der Waals surface area contributed by atoms with Gasteiger partial charge in [0.15, 0.2) is 31.5 Å². The number of nitrogens with one attached hydrogen (secondary N) is 3. The Bertz CT molecular complexity index is 2810. The minimum atomic E-state index is -3.27. The van der Waals surface area contributed by atoms with E-state index >= 15 is 0 Å². The van der Waals surface area contributed by atoms with Crippen LogP contribution in [0, 0.1) is 0 Å². The lowest BCUT2D eigenvalue weighted by atomic mass is 9.88. The van der Waals surface area contributed by atoms with Gasteiger partial charge in [0.25, 0.3) is 5.79 Å². The van der Waals surface area contributed by atoms with Crippen LogP contribution in [0.1, 0.15) is 221 Å². The standard InChI is InChI=1S/C79H141N3O35/c1-6-8-10-12-14-16-18-20-21-23-24-26-28-30-32-34-47(90)46(82-54(93)35-33-31-29-27-25-22-19-17-15-13-11-9-7-2)42-106-74-64(101)62(99)67(52(40-86)111-74)112-76-65(102)71(59(96)50(38-84)108-76)115-73-56(81-45(5)89)70(114-75-63(100)61(98)57(94)43(3)107-75)68(53(41-87)110-73)113-77-66(103)72(60(97)51(39-85)109-77)117-79(78(104)105)36-48(91)55(80-44(4)88)69(116-79)58(95)49(92)37-83/h32,34,43,46-53,55-77,83-87,90-92,94-103H,6-31,33,35-42H2,1-5H3,(H,80,88)(H,81,89)(H,82,93)(H,104,105)/b34-32+/t43-,46-,47+,48-,49+,50+,51+,52+,53+,55+,56+,57+,58+,59-,60-,61+,62+,63-,64+,65+,66+,67+,68-,69+,70+,71-,72-,73-,74-,75-,76-,77-,79-/m0/s1. The molecule has 33 atom stereocenters. The van der Waals surface area contributed by atoms with Gasteiger partial charge in [0.05, 0.1) is 70.0 Å². The van der Waals surface area contributed by atoms with E-state index in [0.717, 1.165) is 65.2 Å². The molecule has 0 spiro atoms. The molecule has 6 aliphatic rings. The Morgan fingerprint density at radius 2 is 0.889 bits per heavy atom. The molecule has 6 aliphatic heterocycles. The fourth-order valence-electron chi connectivity index (χ4n) is 15.7. The summed E-state index contributed by atoms with van der Waals surface area (Å²) in [6.07, 6.45) is -26.3. The van der Waals surface area contributed by atoms with Gasteiger partial charge in [0.2, 0.25) is 17.7 Å². The molecule has 6 rings (SSSR count). The molecule has 38 nitrogen and oxygen atoms in total. The van der Waals surface area contributed by atoms with E-state index in [-0.39, 0.29) is 12.3 Å². The molecule has 117 heavy (non-hydrogen) atoms. The summed E-state index contributed by atoms with van der Waals surface area (Å²) in [6.45, 7) is 1.50. The fraction of sp³-hybridized carbons (Fsp3) is 0.924. The van der Waals surface area contributed by atoms with Crippen molar-refractivity contribution in [2.45, 2.75) is 423 Å². The molecule has 6 heterocycles. The van der Waals surface area contributed by atoms with Gasteiger partial charge in [0, 0.05) is 26.7 Å². The van der Waals surface area contributed by atoms with Crippen LogP contribution >= 0.6 is 0 Å². The second-order valence-corrected chi connectivity index (χ2v) is 32.1. The lowest BCUT2D eigenvalue weighted by Gasteiger charge is -2.52. The smallest absolute Gasteiger partial charge is 0.364 e. The molecule has 0 bridgehead atoms. The Balaban J connectivity index is 1.20. The average molecular weight is 1690 g/mol. The number of carbonyl (C=O) groups excluding carboxylic acids is 3. The summed E-state index contributed by atoms with van der Waals surface area (Å²) in [5.74, 6) is -7.57. The number of ether oxygens (including phenoxy) is 12. The van der Waals surface area contributed by atoms with E-state index in [0.29, 0.717) is 12.8 Å². The maximum absolute atomic E-state index is 13.6. The average Bonchev–Trinajstić information content (AvgIpc) is 0.746. The zero-order valence-corrected chi connectivity index (χ0v) is 68.4. The highest BCUT2D eigenvalue weighted by Crippen LogP contribution is 2.41. The van der Waals surface area contributed by atoms with Crippen molar-refractivity contribution in [1.82, 2.24) is 16.0 Å². The molecule has 0 aromatic rings. The maximum Gasteiger partial charge on any atom is 0.364 e. The van der Waals surface area contributed by atoms with E-state index in [1.807, 2.05) is 6.08 Å². The van der Waals surface area contributed by atoms with Crippen LogP contribution in [0.2, 0.25) is 0 Å². The number of carboxylic acid groups (broad SMARTS) is 1. The van der Waals surface area contributed by atoms with Crippen molar-refractivity contribution in [3.05, 3.63) is 12.2 Å². The molecule has 0 aliphatic carbocycles. The van der Waals surface area contributed by atoms with Crippen molar-refractivity contribution in [3.8, 4) is 0 Å². The minimum Gasteiger partial charge on any atom is -0.477 e. The largest absolute Gasteiger partial charge is 0.477 e. The highest BCUT2D eigenvalue weighted by molar-refractivity contribution is 5.77. The molecular weight excluding hydrogens is 1550 g/mol. The number of rotatable bonds is 54. The van der Waals surface area contributed by atoms with E-state index in [1.54, 1.807) is 6.08 Å². The summed E-state index contributed by atoms with van der Waals surface area (Å²) < 4.78 is 72.2. The number of unbranched alkanes of at least 4 members (excludes halogenated alkanes) is 25. The van der Waals surface area contributed by atoms with Crippen LogP contribution in [0.5, 0.6) is 0 Å². The molecule has 0 aromatic heterocycles. The van der Waals surface area contributed by atoms with Crippen molar-refractivity contribution in [2.24, 2.45) is 0 Å². The number of hydrogen-bond acceptors (Lipinski definition) is 34. The van der Waals surface area contributed by atoms with Crippen molar-refractivity contribution in [3.63, 3.8) is 0 Å². The lowest BCUT2D eigenvalue weighted by molar-refractivity contribution is -0.399. The first-order valence-electron chi connectivity index (χ1n) is 42.5. The van der Waals surface area contributed by atoms with Crippen LogP contribution in [0.25, 0.3) is 0 Å². The molecule has 0 aromatic carbocycles. The Morgan fingerprint density at radius 3 is 1.39 bits per heavy atom. The number of hydrogen-bond donors (Lipinski definition) is 22. The Morgan fingerprint density at radius 1 is 0.462 bits per heavy atom. The first-order valence-corrected chi connectivity index (χ1v) is 42.5. The number of carboxylic acids is 1. The molecule has 0 radical (unpaired) electrons. The van der Waals surface area contributed by atoms with Crippen molar-refractivity contribution in [2.75, 3.05) is 39.6 Å². The topological polar surface area (TPSA) is 600 Å². The SMILES string of the molecule is CCCCCCCCCCCCCCC/C=C/[C@@H](O)[C@H](CO[C@H]1O[C@H](CO)[C@@H](O[C@@H]2O[C@H](CO)[C@H](O)[C@H](O[C@@H]3O[C@H](CO)[C@H](O[C@@H]4O[C@H](CO)[C@H](O)[C@H](O[C@]5(C(=O)O)C[C@H](O)[C@@H](NC(C)=O)[C@H]([C@H](O)[C@H](O)CO)O5)[C@H]4O)[C@H](O[C@@H]4O[C@@H](C)[C@@H](O)[C@@H](O)[C@@H]4O)[C@H]3NC(C)=O)[C@H]2O)[C@H](O)[C@H]1O)NC(=O)CCCCCCCCCCCCCCC. The summed E-state index contributed by atoms with van der Waals surface area (Å²) in [4.78, 5) is 52.7. The van der Waals surface area contributed by atoms with Crippen LogP contribution in [-0.2, 0) is 76.0 Å². The number of amides is 3. The maximum atomic E-state index is 13.6. The van der Waals surface area contributed by atoms with Crippen LogP contribution in [-0.4, -0.2) is 362 Å². The summed E-state index contributed by atoms with van der Waals surface area (Å²) in [5.41, 5.74) is 0. The highest BCUT2D eigenvalue weighted by Gasteiger charge is 2.62. The molecule has 38 heteroatoms. The Labute approximate surface area is 684 Å². The van der Waals surface area contributed by atoms with Crippen molar-refractivity contribution < 1.29 is 173 Å². The van der Waals surface area contributed by atoms with Crippen LogP contribution in [0.3, 0.4) is 0 Å². The highest BCUT2D eigenvalue weighted by atomic mass is 16.8. The minimum absolute atomic E-state index is 0.151. The number of allylic oxidation sites excluding steroid dienone is 1. The first kappa shape index (κ1) is 102. The van der Waals surface area contributed by atoms with E-state index in [1.165, 1.54) is 116 Å². The predicted molar refractivity (Wildman–Crippen MR) is 410 cm³/mol. The normalized spacial score (nSPS) is 36.6. The summed E-state index contributed by atoms with van der Waals surface area (Å²) in [6, 6.07) is -4.81. The van der Waals surface area contributed by atoms with Gasteiger partial charge in [0.1, 0.15) is 134 Å². The van der Waals surface area contributed by atoms with Gasteiger partial charge in [-0.15, -0.1) is 0 Å². The molecule has 682 valence electrons. The van der Waals surface area contributed by atoms with Gasteiger partial charge in [-0.1, -0.05) is 180 Å². The molecule has 6 saturated heterocycles. The van der Waals surface area contributed by atoms with Crippen molar-refractivity contribution >= 4 is 23.7 Å². The van der Waals surface area contributed by atoms with E-state index < -0.39 is 266 Å². The number of aliphatic hydroxyl groups excluding tert-OH is 18. The summed E-state index contributed by atoms with van der Waals surface area (Å²) in [5, 5.41) is 221. The van der Waals surface area contributed by atoms with E-state index in [2.05, 4.69) is 29.8 Å². The van der Waals surface area contributed by atoms with Crippen LogP contribution < -0.4 is 16.0 Å². The third-order valence-electron chi connectivity index (χ3n) is 22.7. The van der Waals surface area contributed by atoms with E-state index in [9.17, 15) is 116 Å². The molecule has 22 N–H and O–H groups in total. The second-order valence-electron chi connectivity index (χ2n) is 32.1. The zero-order chi connectivity index (χ0) is 86.1. The molecule has 0 saturated carbocycles. The Hall–Kier alpha value is -3.58. The summed E-state index contributed by atoms with van der Waals surface area (Å²) >= 11 is 0. The van der Waals surface area contributed by atoms with Crippen LogP contribution in [0.15, 0.2) is 12.2 Å². The molecule has 0 unspecified atom stereocenters. The van der Waals surface area contributed by atoms with E-state index in [4.69, 9.17) is 56.8 Å². The predicted octanol–water partition coefficient (Wildman–Crippen LogP) is -2.19. The quantitative estimate of drug-likeness (QED) is 0.0227. The molecule has 6 fully saturated rings. The summed E-state index contributed by atoms with van der Waals surface area (Å²) in [7, 11) is 0. The third kappa shape index (κ3) is 30.4. The first-order chi connectivity index (χ1) is 56.0. The number of aliphatic carboxylic acids is 1. The zero-order valence-electron chi connectivity index (χ0n) is 68.4. The lowest BCUT2D eigenvalue weighted by Crippen LogP contribution is -2.72. The van der Waals surface area contributed by atoms with Gasteiger partial charge in [-0.05, 0) is 26.2 Å². The monoisotopic (exact) mass is 1690 g/mol. The van der Waals surface area contributed by atoms with Crippen LogP contribution in [0.4, 0.5) is 0 Å². The van der Waals surface area contributed by atoms with Gasteiger partial charge in [-0.2, -0.15) is 0 Å². The van der Waals surface area contributed by atoms with Gasteiger partial charge >= 0.3 is 5.97 Å². The van der Waals surface area contributed by atoms with Gasteiger partial charge in [-0.25, -0.2) is 4.79 Å². The molecular formula is C79H141N3O35. The fourth-order valence-corrected chi connectivity index (χ4v) is 15.7. The van der Waals surface area contributed by atoms with Gasteiger partial charge < -0.3 is 170 Å². The molecule has 3 amide bonds.